The Labute approximate surface area is 192 Å². The van der Waals surface area contributed by atoms with E-state index in [-0.39, 0.29) is 11.9 Å². The van der Waals surface area contributed by atoms with Crippen molar-refractivity contribution in [3.63, 3.8) is 0 Å². The van der Waals surface area contributed by atoms with Crippen molar-refractivity contribution in [2.24, 2.45) is 0 Å². The minimum atomic E-state index is -0.289. The van der Waals surface area contributed by atoms with Crippen LogP contribution in [-0.4, -0.2) is 27.0 Å². The number of pyridine rings is 1. The predicted octanol–water partition coefficient (Wildman–Crippen LogP) is 5.27. The monoisotopic (exact) mass is 448 g/mol. The van der Waals surface area contributed by atoms with E-state index in [9.17, 15) is 4.79 Å². The van der Waals surface area contributed by atoms with Gasteiger partial charge in [-0.3, -0.25) is 9.78 Å². The molecule has 2 aromatic carbocycles. The van der Waals surface area contributed by atoms with Crippen LogP contribution in [0.3, 0.4) is 0 Å². The van der Waals surface area contributed by atoms with E-state index in [0.717, 1.165) is 38.8 Å². The third kappa shape index (κ3) is 4.60. The number of benzene rings is 2. The maximum atomic E-state index is 12.6. The molecule has 0 bridgehead atoms. The van der Waals surface area contributed by atoms with Crippen molar-refractivity contribution in [1.82, 2.24) is 19.9 Å². The normalized spacial score (nSPS) is 12.0. The zero-order valence-electron chi connectivity index (χ0n) is 18.3. The van der Waals surface area contributed by atoms with Gasteiger partial charge in [0.25, 0.3) is 5.91 Å². The van der Waals surface area contributed by atoms with Gasteiger partial charge >= 0.3 is 0 Å². The lowest BCUT2D eigenvalue weighted by molar-refractivity contribution is 0.0937. The lowest BCUT2D eigenvalue weighted by atomic mass is 10.1. The fraction of sp³-hybridized carbons (Fsp3) is 0.240. The molecular weight excluding hydrogens is 424 g/mol. The Hall–Kier alpha value is -3.38. The number of amides is 1. The van der Waals surface area contributed by atoms with Crippen LogP contribution in [-0.2, 0) is 6.54 Å². The van der Waals surface area contributed by atoms with Gasteiger partial charge < -0.3 is 14.6 Å². The van der Waals surface area contributed by atoms with Crippen molar-refractivity contribution in [2.75, 3.05) is 6.61 Å². The van der Waals surface area contributed by atoms with E-state index in [1.165, 1.54) is 0 Å². The predicted molar refractivity (Wildman–Crippen MR) is 126 cm³/mol. The molecule has 0 aliphatic heterocycles. The van der Waals surface area contributed by atoms with Gasteiger partial charge in [0.1, 0.15) is 18.2 Å². The number of carbonyl (C=O) groups excluding carboxylic acids is 1. The number of imidazole rings is 1. The van der Waals surface area contributed by atoms with Gasteiger partial charge in [-0.1, -0.05) is 23.7 Å². The van der Waals surface area contributed by atoms with Crippen LogP contribution in [0, 0.1) is 13.8 Å². The zero-order valence-corrected chi connectivity index (χ0v) is 19.1. The molecule has 0 fully saturated rings. The van der Waals surface area contributed by atoms with Crippen LogP contribution in [0.4, 0.5) is 0 Å². The molecule has 0 aliphatic rings. The first-order valence-corrected chi connectivity index (χ1v) is 10.9. The number of fused-ring (bicyclic) bond motifs is 1. The maximum absolute atomic E-state index is 12.6. The summed E-state index contributed by atoms with van der Waals surface area (Å²) in [5.74, 6) is 1.40. The van der Waals surface area contributed by atoms with Crippen molar-refractivity contribution >= 4 is 28.5 Å². The van der Waals surface area contributed by atoms with Gasteiger partial charge in [0, 0.05) is 23.0 Å². The summed E-state index contributed by atoms with van der Waals surface area (Å²) < 4.78 is 8.13. The second kappa shape index (κ2) is 9.40. The van der Waals surface area contributed by atoms with Gasteiger partial charge in [-0.25, -0.2) is 4.98 Å². The highest BCUT2D eigenvalue weighted by molar-refractivity contribution is 6.32. The van der Waals surface area contributed by atoms with Gasteiger partial charge in [-0.15, -0.1) is 0 Å². The number of ether oxygens (including phenoxy) is 1. The summed E-state index contributed by atoms with van der Waals surface area (Å²) in [4.78, 5) is 21.4. The van der Waals surface area contributed by atoms with Crippen molar-refractivity contribution in [3.8, 4) is 5.75 Å². The van der Waals surface area contributed by atoms with Crippen molar-refractivity contribution in [3.05, 3.63) is 88.5 Å². The van der Waals surface area contributed by atoms with E-state index in [2.05, 4.69) is 14.9 Å². The average Bonchev–Trinajstić information content (AvgIpc) is 3.17. The van der Waals surface area contributed by atoms with Crippen molar-refractivity contribution in [1.29, 1.82) is 0 Å². The molecule has 6 nitrogen and oxygen atoms in total. The van der Waals surface area contributed by atoms with Gasteiger partial charge in [-0.05, 0) is 68.3 Å². The Morgan fingerprint density at radius 3 is 2.53 bits per heavy atom. The molecule has 1 atom stereocenters. The summed E-state index contributed by atoms with van der Waals surface area (Å²) in [6.45, 7) is 6.92. The molecule has 0 radical (unpaired) electrons. The maximum Gasteiger partial charge on any atom is 0.251 e. The molecule has 0 saturated carbocycles. The van der Waals surface area contributed by atoms with Crippen molar-refractivity contribution < 1.29 is 9.53 Å². The first kappa shape index (κ1) is 21.8. The number of nitrogens with zero attached hydrogens (tertiary/aromatic N) is 3. The zero-order chi connectivity index (χ0) is 22.7. The van der Waals surface area contributed by atoms with Crippen LogP contribution in [0.15, 0.2) is 60.9 Å². The topological polar surface area (TPSA) is 69.0 Å². The number of carbonyl (C=O) groups is 1. The number of rotatable bonds is 7. The number of hydrogen-bond acceptors (Lipinski definition) is 4. The van der Waals surface area contributed by atoms with Gasteiger partial charge in [-0.2, -0.15) is 0 Å². The molecule has 1 amide bonds. The van der Waals surface area contributed by atoms with Crippen LogP contribution in [0.5, 0.6) is 5.75 Å². The Bertz CT molecular complexity index is 1230. The number of aromatic nitrogens is 3. The first-order chi connectivity index (χ1) is 15.4. The highest BCUT2D eigenvalue weighted by atomic mass is 35.5. The van der Waals surface area contributed by atoms with E-state index >= 15 is 0 Å². The molecule has 0 aliphatic carbocycles. The molecule has 0 spiro atoms. The Morgan fingerprint density at radius 1 is 1.12 bits per heavy atom. The van der Waals surface area contributed by atoms with E-state index in [4.69, 9.17) is 21.3 Å². The lowest BCUT2D eigenvalue weighted by Gasteiger charge is -2.17. The van der Waals surface area contributed by atoms with Crippen LogP contribution in [0.25, 0.3) is 11.0 Å². The molecule has 1 unspecified atom stereocenters. The van der Waals surface area contributed by atoms with Gasteiger partial charge in [0.05, 0.1) is 23.6 Å². The quantitative estimate of drug-likeness (QED) is 0.418. The van der Waals surface area contributed by atoms with Crippen LogP contribution < -0.4 is 10.1 Å². The molecule has 4 rings (SSSR count). The van der Waals surface area contributed by atoms with E-state index in [0.29, 0.717) is 18.7 Å². The van der Waals surface area contributed by atoms with Gasteiger partial charge in [0.15, 0.2) is 0 Å². The van der Waals surface area contributed by atoms with E-state index in [1.54, 1.807) is 24.5 Å². The summed E-state index contributed by atoms with van der Waals surface area (Å²) in [6.07, 6.45) is 3.21. The molecule has 1 N–H and O–H groups in total. The second-order valence-electron chi connectivity index (χ2n) is 7.76. The third-order valence-electron chi connectivity index (χ3n) is 5.36. The van der Waals surface area contributed by atoms with Gasteiger partial charge in [0.2, 0.25) is 0 Å². The minimum Gasteiger partial charge on any atom is -0.492 e. The summed E-state index contributed by atoms with van der Waals surface area (Å²) in [7, 11) is 0. The molecule has 32 heavy (non-hydrogen) atoms. The molecular formula is C25H25ClN4O2. The third-order valence-corrected chi connectivity index (χ3v) is 5.95. The summed E-state index contributed by atoms with van der Waals surface area (Å²) >= 11 is 6.27. The van der Waals surface area contributed by atoms with Crippen LogP contribution in [0.2, 0.25) is 5.02 Å². The summed E-state index contributed by atoms with van der Waals surface area (Å²) in [6, 6.07) is 14.9. The Morgan fingerprint density at radius 2 is 1.81 bits per heavy atom. The number of aryl methyl sites for hydroxylation is 2. The second-order valence-corrected chi connectivity index (χ2v) is 8.14. The highest BCUT2D eigenvalue weighted by Crippen LogP contribution is 2.26. The number of para-hydroxylation sites is 2. The molecule has 164 valence electrons. The average molecular weight is 449 g/mol. The van der Waals surface area contributed by atoms with Crippen LogP contribution in [0.1, 0.15) is 40.3 Å². The van der Waals surface area contributed by atoms with E-state index < -0.39 is 0 Å². The van der Waals surface area contributed by atoms with Crippen molar-refractivity contribution in [2.45, 2.75) is 33.4 Å². The molecule has 0 saturated heterocycles. The summed E-state index contributed by atoms with van der Waals surface area (Å²) in [5.41, 5.74) is 4.42. The fourth-order valence-corrected chi connectivity index (χ4v) is 3.86. The molecule has 2 aromatic heterocycles. The number of halogens is 1. The summed E-state index contributed by atoms with van der Waals surface area (Å²) in [5, 5.41) is 3.80. The molecule has 7 heteroatoms. The number of hydrogen-bond donors (Lipinski definition) is 1. The standard InChI is InChI=1S/C25H25ClN4O2/c1-16-14-20(15-17(2)23(16)26)32-13-12-30-22-7-5-4-6-21(22)29-24(30)18(3)28-25(31)19-8-10-27-11-9-19/h4-11,14-15,18H,12-13H2,1-3H3,(H,28,31). The minimum absolute atomic E-state index is 0.165. The highest BCUT2D eigenvalue weighted by Gasteiger charge is 2.19. The lowest BCUT2D eigenvalue weighted by Crippen LogP contribution is -2.29. The number of nitrogens with one attached hydrogen (secondary N) is 1. The van der Waals surface area contributed by atoms with E-state index in [1.807, 2.05) is 57.2 Å². The Balaban J connectivity index is 1.54. The molecule has 4 aromatic rings. The SMILES string of the molecule is Cc1cc(OCCn2c(C(C)NC(=O)c3ccncc3)nc3ccccc32)cc(C)c1Cl. The molecule has 2 heterocycles. The largest absolute Gasteiger partial charge is 0.492 e. The van der Waals surface area contributed by atoms with Crippen LogP contribution >= 0.6 is 11.6 Å². The Kier molecular flexibility index (Phi) is 6.42. The fourth-order valence-electron chi connectivity index (χ4n) is 3.75. The smallest absolute Gasteiger partial charge is 0.251 e. The first-order valence-electron chi connectivity index (χ1n) is 10.5.